The number of fused-ring (bicyclic) bond motifs is 2. The minimum Gasteiger partial charge on any atom is -0.228 e. The fraction of sp³-hybridized carbons (Fsp3) is 1.00. The monoisotopic (exact) mass is 287 g/mol. The molecule has 0 spiro atoms. The van der Waals surface area contributed by atoms with Crippen LogP contribution in [0.1, 0.15) is 78.1 Å². The zero-order chi connectivity index (χ0) is 14.1. The number of hydrogen-bond acceptors (Lipinski definition) is 2. The van der Waals surface area contributed by atoms with Gasteiger partial charge in [-0.15, -0.1) is 0 Å². The van der Waals surface area contributed by atoms with Gasteiger partial charge in [-0.2, -0.15) is 0 Å². The van der Waals surface area contributed by atoms with Crippen LogP contribution >= 0.6 is 0 Å². The fourth-order valence-corrected chi connectivity index (χ4v) is 6.18. The molecule has 2 saturated carbocycles. The van der Waals surface area contributed by atoms with Gasteiger partial charge >= 0.3 is 0 Å². The second kappa shape index (κ2) is 5.36. The number of nitrogens with two attached hydrogens (primary N) is 1. The highest BCUT2D eigenvalue weighted by Gasteiger charge is 2.53. The molecule has 0 radical (unpaired) electrons. The third-order valence-electron chi connectivity index (χ3n) is 6.10. The van der Waals surface area contributed by atoms with Crippen molar-refractivity contribution < 1.29 is 8.42 Å². The average molecular weight is 287 g/mol. The summed E-state index contributed by atoms with van der Waals surface area (Å²) in [6, 6.07) is 0. The molecule has 2 bridgehead atoms. The molecule has 19 heavy (non-hydrogen) atoms. The highest BCUT2D eigenvalue weighted by molar-refractivity contribution is 7.90. The van der Waals surface area contributed by atoms with Crippen LogP contribution in [0.15, 0.2) is 0 Å². The van der Waals surface area contributed by atoms with Crippen LogP contribution in [-0.4, -0.2) is 13.2 Å². The smallest absolute Gasteiger partial charge is 0.215 e. The molecule has 2 aliphatic carbocycles. The molecule has 0 heterocycles. The summed E-state index contributed by atoms with van der Waals surface area (Å²) >= 11 is 0. The van der Waals surface area contributed by atoms with E-state index < -0.39 is 14.8 Å². The second-order valence-electron chi connectivity index (χ2n) is 7.11. The summed E-state index contributed by atoms with van der Waals surface area (Å²) in [4.78, 5) is 0. The Morgan fingerprint density at radius 2 is 1.32 bits per heavy atom. The largest absolute Gasteiger partial charge is 0.228 e. The standard InChI is InChI=1S/C15H29NO2S/c1-13-14(2)9-5-3-4-6-11-15(13,19(16,17)18)12-8-7-10-14/h13H,3-12H2,1-2H3,(H2,16,17,18). The third-order valence-corrected chi connectivity index (χ3v) is 7.99. The average Bonchev–Trinajstić information content (AvgIpc) is 2.39. The van der Waals surface area contributed by atoms with E-state index in [-0.39, 0.29) is 11.3 Å². The fourth-order valence-electron chi connectivity index (χ4n) is 4.54. The number of rotatable bonds is 1. The summed E-state index contributed by atoms with van der Waals surface area (Å²) in [6.07, 6.45) is 10.7. The first kappa shape index (κ1) is 15.3. The van der Waals surface area contributed by atoms with Crippen LogP contribution in [0.5, 0.6) is 0 Å². The van der Waals surface area contributed by atoms with Gasteiger partial charge in [0.2, 0.25) is 10.0 Å². The molecule has 0 saturated heterocycles. The normalized spacial score (nSPS) is 41.7. The molecule has 0 amide bonds. The van der Waals surface area contributed by atoms with Gasteiger partial charge in [0.05, 0.1) is 4.75 Å². The van der Waals surface area contributed by atoms with Gasteiger partial charge in [-0.3, -0.25) is 0 Å². The van der Waals surface area contributed by atoms with Gasteiger partial charge in [0.25, 0.3) is 0 Å². The molecule has 2 N–H and O–H groups in total. The molecule has 112 valence electrons. The Morgan fingerprint density at radius 1 is 0.895 bits per heavy atom. The zero-order valence-corrected chi connectivity index (χ0v) is 13.3. The van der Waals surface area contributed by atoms with Gasteiger partial charge in [-0.05, 0) is 37.0 Å². The van der Waals surface area contributed by atoms with Crippen LogP contribution in [0.2, 0.25) is 0 Å². The first-order chi connectivity index (χ1) is 8.82. The number of hydrogen-bond donors (Lipinski definition) is 1. The van der Waals surface area contributed by atoms with E-state index in [1.165, 1.54) is 12.8 Å². The van der Waals surface area contributed by atoms with E-state index in [1.807, 2.05) is 0 Å². The Hall–Kier alpha value is -0.0900. The van der Waals surface area contributed by atoms with Crippen molar-refractivity contribution in [2.24, 2.45) is 16.5 Å². The van der Waals surface area contributed by atoms with Crippen LogP contribution in [0.3, 0.4) is 0 Å². The van der Waals surface area contributed by atoms with E-state index in [0.717, 1.165) is 51.4 Å². The van der Waals surface area contributed by atoms with Gasteiger partial charge in [0, 0.05) is 0 Å². The molecule has 0 aliphatic heterocycles. The lowest BCUT2D eigenvalue weighted by atomic mass is 9.67. The Kier molecular flexibility index (Phi) is 4.32. The second-order valence-corrected chi connectivity index (χ2v) is 9.01. The van der Waals surface area contributed by atoms with Crippen LogP contribution in [0.4, 0.5) is 0 Å². The molecule has 3 atom stereocenters. The van der Waals surface area contributed by atoms with Crippen molar-refractivity contribution in [2.45, 2.75) is 82.8 Å². The van der Waals surface area contributed by atoms with E-state index in [0.29, 0.717) is 0 Å². The number of primary sulfonamides is 1. The third kappa shape index (κ3) is 2.71. The SMILES string of the molecule is CC1C2(C)CCCCCCC1(S(N)(=O)=O)CCCC2. The lowest BCUT2D eigenvalue weighted by Crippen LogP contribution is -2.52. The van der Waals surface area contributed by atoms with Gasteiger partial charge in [0.15, 0.2) is 0 Å². The van der Waals surface area contributed by atoms with Gasteiger partial charge in [-0.1, -0.05) is 52.4 Å². The van der Waals surface area contributed by atoms with E-state index in [2.05, 4.69) is 13.8 Å². The highest BCUT2D eigenvalue weighted by Crippen LogP contribution is 2.52. The molecule has 0 aromatic heterocycles. The van der Waals surface area contributed by atoms with Crippen LogP contribution in [0, 0.1) is 11.3 Å². The lowest BCUT2D eigenvalue weighted by Gasteiger charge is -2.45. The van der Waals surface area contributed by atoms with E-state index >= 15 is 0 Å². The van der Waals surface area contributed by atoms with Crippen molar-refractivity contribution in [1.29, 1.82) is 0 Å². The van der Waals surface area contributed by atoms with Crippen molar-refractivity contribution in [2.75, 3.05) is 0 Å². The van der Waals surface area contributed by atoms with E-state index in [9.17, 15) is 8.42 Å². The number of sulfonamides is 1. The topological polar surface area (TPSA) is 60.2 Å². The molecule has 2 fully saturated rings. The molecule has 3 unspecified atom stereocenters. The minimum atomic E-state index is -3.49. The van der Waals surface area contributed by atoms with E-state index in [1.54, 1.807) is 0 Å². The first-order valence-corrected chi connectivity index (χ1v) is 9.39. The quantitative estimate of drug-likeness (QED) is 0.801. The zero-order valence-electron chi connectivity index (χ0n) is 12.5. The maximum atomic E-state index is 12.4. The minimum absolute atomic E-state index is 0.146. The predicted octanol–water partition coefficient (Wildman–Crippen LogP) is 3.58. The molecule has 4 heteroatoms. The lowest BCUT2D eigenvalue weighted by molar-refractivity contribution is 0.132. The molecule has 2 aliphatic rings. The van der Waals surface area contributed by atoms with Gasteiger partial charge in [-0.25, -0.2) is 13.6 Å². The van der Waals surface area contributed by atoms with Crippen LogP contribution < -0.4 is 5.14 Å². The van der Waals surface area contributed by atoms with Crippen molar-refractivity contribution in [1.82, 2.24) is 0 Å². The Labute approximate surface area is 118 Å². The van der Waals surface area contributed by atoms with Crippen LogP contribution in [-0.2, 0) is 10.0 Å². The summed E-state index contributed by atoms with van der Waals surface area (Å²) in [5.41, 5.74) is 0.146. The van der Waals surface area contributed by atoms with Gasteiger partial charge in [0.1, 0.15) is 0 Å². The maximum Gasteiger partial charge on any atom is 0.215 e. The summed E-state index contributed by atoms with van der Waals surface area (Å²) in [5.74, 6) is 0.176. The van der Waals surface area contributed by atoms with Crippen LogP contribution in [0.25, 0.3) is 0 Å². The maximum absolute atomic E-state index is 12.4. The van der Waals surface area contributed by atoms with Crippen molar-refractivity contribution in [3.63, 3.8) is 0 Å². The summed E-state index contributed by atoms with van der Waals surface area (Å²) < 4.78 is 24.1. The summed E-state index contributed by atoms with van der Waals surface area (Å²) in [5, 5.41) is 5.71. The molecule has 2 rings (SSSR count). The van der Waals surface area contributed by atoms with Crippen molar-refractivity contribution >= 4 is 10.0 Å². The molecular weight excluding hydrogens is 258 g/mol. The first-order valence-electron chi connectivity index (χ1n) is 7.84. The Morgan fingerprint density at radius 3 is 1.84 bits per heavy atom. The summed E-state index contributed by atoms with van der Waals surface area (Å²) in [6.45, 7) is 4.45. The van der Waals surface area contributed by atoms with Crippen molar-refractivity contribution in [3.8, 4) is 0 Å². The Bertz CT molecular complexity index is 420. The van der Waals surface area contributed by atoms with Gasteiger partial charge < -0.3 is 0 Å². The molecular formula is C15H29NO2S. The Balaban J connectivity index is 2.49. The molecule has 0 aromatic carbocycles. The summed E-state index contributed by atoms with van der Waals surface area (Å²) in [7, 11) is -3.49. The van der Waals surface area contributed by atoms with E-state index in [4.69, 9.17) is 5.14 Å². The molecule has 0 aromatic rings. The molecule has 3 nitrogen and oxygen atoms in total. The predicted molar refractivity (Wildman–Crippen MR) is 79.3 cm³/mol. The highest BCUT2D eigenvalue weighted by atomic mass is 32.2. The van der Waals surface area contributed by atoms with Crippen molar-refractivity contribution in [3.05, 3.63) is 0 Å².